The number of hydrogen-bond acceptors (Lipinski definition) is 19. The average molecular weight is 733 g/mol. The van der Waals surface area contributed by atoms with Crippen molar-refractivity contribution in [2.75, 3.05) is 18.9 Å². The Bertz CT molecular complexity index is 2030. The highest BCUT2D eigenvalue weighted by molar-refractivity contribution is 7.87. The number of thiazole rings is 1. The molecule has 1 aliphatic heterocycles. The van der Waals surface area contributed by atoms with Gasteiger partial charge < -0.3 is 46.4 Å². The van der Waals surface area contributed by atoms with Gasteiger partial charge in [0, 0.05) is 24.2 Å². The lowest BCUT2D eigenvalue weighted by Crippen LogP contribution is -2.51. The molecule has 24 nitrogen and oxygen atoms in total. The third-order valence-corrected chi connectivity index (χ3v) is 8.26. The summed E-state index contributed by atoms with van der Waals surface area (Å²) >= 11 is 0.902. The molecule has 0 saturated heterocycles. The van der Waals surface area contributed by atoms with E-state index in [0.717, 1.165) is 42.0 Å². The van der Waals surface area contributed by atoms with Crippen molar-refractivity contribution in [1.29, 1.82) is 0 Å². The molecule has 0 radical (unpaired) electrons. The topological polar surface area (TPSA) is 357 Å². The van der Waals surface area contributed by atoms with E-state index in [0.29, 0.717) is 0 Å². The minimum Gasteiger partial charge on any atom is -0.503 e. The zero-order valence-corrected chi connectivity index (χ0v) is 26.7. The Morgan fingerprint density at radius 2 is 2.02 bits per heavy atom. The van der Waals surface area contributed by atoms with Crippen molar-refractivity contribution >= 4 is 50.2 Å². The number of nitrogens with two attached hydrogens (primary N) is 1. The zero-order valence-electron chi connectivity index (χ0n) is 25.1. The first kappa shape index (κ1) is 36.6. The van der Waals surface area contributed by atoms with Crippen LogP contribution in [0.2, 0.25) is 0 Å². The number of carboxylic acids is 2. The van der Waals surface area contributed by atoms with E-state index >= 15 is 0 Å². The molecule has 10 N–H and O–H groups in total. The molecule has 3 aromatic heterocycles. The number of nitrogens with zero attached hydrogens (tertiary/aromatic N) is 6. The Balaban J connectivity index is 1.57. The number of aromatic nitrogens is 5. The van der Waals surface area contributed by atoms with Gasteiger partial charge in [-0.3, -0.25) is 19.5 Å². The van der Waals surface area contributed by atoms with E-state index in [9.17, 15) is 53.7 Å². The number of carboxylic acid groups (broad SMARTS) is 2. The Hall–Kier alpha value is -5.25. The fraction of sp³-hybridized carbons (Fsp3) is 0.391. The molecule has 266 valence electrons. The molecule has 0 aliphatic carbocycles. The fourth-order valence-electron chi connectivity index (χ4n) is 3.59. The Morgan fingerprint density at radius 3 is 2.61 bits per heavy atom. The summed E-state index contributed by atoms with van der Waals surface area (Å²) < 4.78 is 23.0. The Morgan fingerprint density at radius 1 is 1.31 bits per heavy atom. The third-order valence-electron chi connectivity index (χ3n) is 6.20. The molecule has 0 fully saturated rings. The van der Waals surface area contributed by atoms with Crippen molar-refractivity contribution in [2.24, 2.45) is 9.52 Å². The summed E-state index contributed by atoms with van der Waals surface area (Å²) in [6, 6.07) is -0.931. The molecule has 1 amide bonds. The summed E-state index contributed by atoms with van der Waals surface area (Å²) in [4.78, 5) is 77.9. The van der Waals surface area contributed by atoms with E-state index in [2.05, 4.69) is 35.2 Å². The molecular weight excluding hydrogens is 704 g/mol. The molecular formula is C23H28N10O14S2. The second kappa shape index (κ2) is 14.5. The van der Waals surface area contributed by atoms with Gasteiger partial charge in [-0.15, -0.1) is 25.1 Å². The van der Waals surface area contributed by atoms with E-state index in [1.807, 2.05) is 0 Å². The summed E-state index contributed by atoms with van der Waals surface area (Å²) in [5.74, 6) is -5.26. The fourth-order valence-corrected chi connectivity index (χ4v) is 5.32. The second-order valence-corrected chi connectivity index (χ2v) is 12.8. The van der Waals surface area contributed by atoms with Crippen LogP contribution in [-0.4, -0.2) is 114 Å². The Labute approximate surface area is 276 Å². The number of aliphatic hydroxyl groups excluding tert-OH is 2. The summed E-state index contributed by atoms with van der Waals surface area (Å²) in [5.41, 5.74) is 0.669. The summed E-state index contributed by atoms with van der Waals surface area (Å²) in [7, 11) is -4.36. The van der Waals surface area contributed by atoms with Crippen molar-refractivity contribution in [3.63, 3.8) is 0 Å². The number of pyridine rings is 1. The highest BCUT2D eigenvalue weighted by atomic mass is 32.2. The average Bonchev–Trinajstić information content (AvgIpc) is 3.73. The number of nitrogens with one attached hydrogen (secondary N) is 3. The van der Waals surface area contributed by atoms with Crippen molar-refractivity contribution in [3.8, 4) is 17.3 Å². The van der Waals surface area contributed by atoms with Crippen LogP contribution in [0.15, 0.2) is 36.8 Å². The first-order chi connectivity index (χ1) is 23.0. The van der Waals surface area contributed by atoms with Gasteiger partial charge in [0.05, 0.1) is 24.9 Å². The van der Waals surface area contributed by atoms with Crippen LogP contribution in [0.3, 0.4) is 0 Å². The number of aliphatic carboxylic acids is 2. The molecule has 1 aliphatic rings. The predicted octanol–water partition coefficient (Wildman–Crippen LogP) is -3.67. The van der Waals surface area contributed by atoms with Crippen molar-refractivity contribution < 1.29 is 58.2 Å². The number of aromatic amines is 1. The van der Waals surface area contributed by atoms with Crippen LogP contribution >= 0.6 is 11.3 Å². The van der Waals surface area contributed by atoms with Gasteiger partial charge in [0.2, 0.25) is 11.0 Å². The summed E-state index contributed by atoms with van der Waals surface area (Å²) in [6.45, 7) is 0.196. The van der Waals surface area contributed by atoms with Gasteiger partial charge in [-0.25, -0.2) is 19.4 Å². The second-order valence-electron chi connectivity index (χ2n) is 10.3. The molecule has 4 heterocycles. The smallest absolute Gasteiger partial charge is 0.361 e. The number of amides is 1. The van der Waals surface area contributed by atoms with Gasteiger partial charge in [-0.05, 0) is 13.8 Å². The predicted molar refractivity (Wildman–Crippen MR) is 163 cm³/mol. The molecule has 0 spiro atoms. The minimum atomic E-state index is -4.36. The van der Waals surface area contributed by atoms with Crippen LogP contribution in [0.4, 0.5) is 5.13 Å². The maximum Gasteiger partial charge on any atom is 0.361 e. The van der Waals surface area contributed by atoms with Crippen LogP contribution in [0.1, 0.15) is 19.5 Å². The van der Waals surface area contributed by atoms with Gasteiger partial charge in [-0.2, -0.15) is 9.10 Å². The third kappa shape index (κ3) is 8.25. The zero-order chi connectivity index (χ0) is 36.3. The first-order valence-corrected chi connectivity index (χ1v) is 15.7. The molecule has 4 rings (SSSR count). The van der Waals surface area contributed by atoms with E-state index in [-0.39, 0.29) is 20.6 Å². The van der Waals surface area contributed by atoms with E-state index in [1.165, 1.54) is 5.38 Å². The van der Waals surface area contributed by atoms with E-state index < -0.39 is 100 Å². The normalized spacial score (nSPS) is 19.2. The number of H-pyrrole nitrogens is 1. The number of carbonyl (C=O) groups excluding carboxylic acids is 1. The van der Waals surface area contributed by atoms with Crippen molar-refractivity contribution in [2.45, 2.75) is 44.5 Å². The molecule has 0 saturated carbocycles. The van der Waals surface area contributed by atoms with Crippen LogP contribution in [-0.2, 0) is 45.2 Å². The SMILES string of the molecule is CC(C)(O/N=C(\C(=O)N[C@@H](CNC1N=[S@](=O)(n2nc(-c3cc(=O)c(O)c[nH]3)n(C[C@@H](O)CO)c2=O)OO1)C(=O)O)c1csc(N)n1)C(=O)O. The van der Waals surface area contributed by atoms with Gasteiger partial charge in [0.15, 0.2) is 22.4 Å². The van der Waals surface area contributed by atoms with Crippen LogP contribution < -0.4 is 27.5 Å². The number of anilines is 1. The number of hydrogen-bond donors (Lipinski definition) is 9. The molecule has 1 unspecified atom stereocenters. The number of rotatable bonds is 15. The van der Waals surface area contributed by atoms with E-state index in [4.69, 9.17) is 19.8 Å². The monoisotopic (exact) mass is 732 g/mol. The van der Waals surface area contributed by atoms with Crippen molar-refractivity contribution in [1.82, 2.24) is 34.4 Å². The number of aromatic hydroxyl groups is 1. The Kier molecular flexibility index (Phi) is 10.8. The quantitative estimate of drug-likeness (QED) is 0.0413. The highest BCUT2D eigenvalue weighted by Gasteiger charge is 2.35. The maximum absolute atomic E-state index is 13.5. The van der Waals surface area contributed by atoms with Crippen LogP contribution in [0.25, 0.3) is 11.5 Å². The highest BCUT2D eigenvalue weighted by Crippen LogP contribution is 2.19. The van der Waals surface area contributed by atoms with Gasteiger partial charge in [0.1, 0.15) is 11.7 Å². The summed E-state index contributed by atoms with van der Waals surface area (Å²) in [5, 5.41) is 61.1. The van der Waals surface area contributed by atoms with Gasteiger partial charge >= 0.3 is 27.8 Å². The lowest BCUT2D eigenvalue weighted by molar-refractivity contribution is -0.228. The van der Waals surface area contributed by atoms with Crippen molar-refractivity contribution in [3.05, 3.63) is 44.0 Å². The minimum absolute atomic E-state index is 0.00465. The lowest BCUT2D eigenvalue weighted by atomic mass is 10.1. The number of carbonyl (C=O) groups is 3. The molecule has 4 atom stereocenters. The molecule has 0 bridgehead atoms. The molecule has 0 aromatic carbocycles. The molecule has 49 heavy (non-hydrogen) atoms. The largest absolute Gasteiger partial charge is 0.503 e. The molecule has 26 heteroatoms. The number of nitrogen functional groups attached to an aromatic ring is 1. The number of aliphatic hydroxyl groups is 2. The van der Waals surface area contributed by atoms with E-state index in [1.54, 1.807) is 0 Å². The standard InChI is InChI=1S/C23H28N10O14S2/c1-23(2,19(41)42)46-30-15(12-8-48-20(24)28-12)17(38)27-11(18(39)40)4-26-21-31-49(44,47-45-21)33-22(43)32(6-9(35)7-34)16(29-33)10-3-13(36)14(37)5-25-10/h3,5,8-9,11,21,26,34-35,37H,4,6-7H2,1-2H3,(H2,24,28)(H,25,36)(H,27,38)(H,39,40)(H,41,42)/b30-15-/t9-,11+,21?,49-/m1/s1. The van der Waals surface area contributed by atoms with Gasteiger partial charge in [-0.1, -0.05) is 9.24 Å². The first-order valence-electron chi connectivity index (χ1n) is 13.5. The van der Waals surface area contributed by atoms with Gasteiger partial charge in [0.25, 0.3) is 12.3 Å². The van der Waals surface area contributed by atoms with Crippen LogP contribution in [0.5, 0.6) is 5.75 Å². The maximum atomic E-state index is 13.5. The molecule has 3 aromatic rings. The lowest BCUT2D eigenvalue weighted by Gasteiger charge is -2.18. The van der Waals surface area contributed by atoms with Crippen LogP contribution in [0, 0.1) is 0 Å². The summed E-state index contributed by atoms with van der Waals surface area (Å²) in [6.07, 6.45) is -2.36. The number of oxime groups is 1.